The Labute approximate surface area is 184 Å². The summed E-state index contributed by atoms with van der Waals surface area (Å²) in [5, 5.41) is 31.7. The third kappa shape index (κ3) is 4.06. The van der Waals surface area contributed by atoms with E-state index in [0.717, 1.165) is 22.3 Å². The van der Waals surface area contributed by atoms with Gasteiger partial charge in [-0.3, -0.25) is 0 Å². The number of carbonyl (C=O) groups excluding carboxylic acids is 1. The lowest BCUT2D eigenvalue weighted by atomic mass is 9.98. The number of alkyl carbamates (subject to hydrolysis) is 1. The van der Waals surface area contributed by atoms with Gasteiger partial charge in [0.25, 0.3) is 0 Å². The highest BCUT2D eigenvalue weighted by atomic mass is 19.1. The minimum atomic E-state index is -1.61. The van der Waals surface area contributed by atoms with E-state index in [1.54, 1.807) is 6.07 Å². The van der Waals surface area contributed by atoms with Crippen LogP contribution in [-0.2, 0) is 4.74 Å². The van der Waals surface area contributed by atoms with Crippen molar-refractivity contribution in [3.05, 3.63) is 94.8 Å². The molecule has 0 saturated heterocycles. The standard InChI is InChI=1S/C25H21FN2O4/c26-23-15(12-27)6-5-11-20(23)24(30)22(29)13-28-25(31)32-14-21-18-9-3-1-7-16(18)17-8-2-4-10-19(17)21/h1-11,21-22,24,29-30H,13-14H2,(H,28,31). The van der Waals surface area contributed by atoms with Gasteiger partial charge in [0.1, 0.15) is 30.7 Å². The first-order chi connectivity index (χ1) is 15.5. The SMILES string of the molecule is N#Cc1cccc(C(O)C(O)CNC(=O)OCC2c3ccccc3-c3ccccc32)c1F. The van der Waals surface area contributed by atoms with Crippen molar-refractivity contribution >= 4 is 6.09 Å². The van der Waals surface area contributed by atoms with Crippen LogP contribution in [0.15, 0.2) is 66.7 Å². The molecule has 32 heavy (non-hydrogen) atoms. The second-order valence-corrected chi connectivity index (χ2v) is 7.54. The van der Waals surface area contributed by atoms with Crippen molar-refractivity contribution in [3.8, 4) is 17.2 Å². The normalized spacial score (nSPS) is 14.1. The smallest absolute Gasteiger partial charge is 0.407 e. The molecule has 0 radical (unpaired) electrons. The third-order valence-corrected chi connectivity index (χ3v) is 5.63. The van der Waals surface area contributed by atoms with E-state index in [1.165, 1.54) is 18.2 Å². The minimum absolute atomic E-state index is 0.105. The molecule has 1 aliphatic rings. The van der Waals surface area contributed by atoms with Gasteiger partial charge in [-0.2, -0.15) is 5.26 Å². The molecule has 0 aromatic heterocycles. The minimum Gasteiger partial charge on any atom is -0.449 e. The topological polar surface area (TPSA) is 103 Å². The number of amides is 1. The Hall–Kier alpha value is -3.73. The molecule has 1 aliphatic carbocycles. The molecule has 0 aliphatic heterocycles. The molecular formula is C25H21FN2O4. The number of nitrogens with one attached hydrogen (secondary N) is 1. The van der Waals surface area contributed by atoms with E-state index in [9.17, 15) is 19.4 Å². The monoisotopic (exact) mass is 432 g/mol. The Morgan fingerprint density at radius 3 is 2.28 bits per heavy atom. The molecule has 2 unspecified atom stereocenters. The van der Waals surface area contributed by atoms with Crippen molar-refractivity contribution in [3.63, 3.8) is 0 Å². The summed E-state index contributed by atoms with van der Waals surface area (Å²) in [5.74, 6) is -1.01. The van der Waals surface area contributed by atoms with Crippen LogP contribution >= 0.6 is 0 Å². The second-order valence-electron chi connectivity index (χ2n) is 7.54. The molecule has 7 heteroatoms. The first-order valence-electron chi connectivity index (χ1n) is 10.1. The highest BCUT2D eigenvalue weighted by molar-refractivity contribution is 5.79. The van der Waals surface area contributed by atoms with Crippen LogP contribution in [0.25, 0.3) is 11.1 Å². The molecule has 0 fully saturated rings. The summed E-state index contributed by atoms with van der Waals surface area (Å²) in [6.45, 7) is -0.245. The highest BCUT2D eigenvalue weighted by Crippen LogP contribution is 2.44. The fraction of sp³-hybridized carbons (Fsp3) is 0.200. The predicted molar refractivity (Wildman–Crippen MR) is 115 cm³/mol. The first kappa shape index (κ1) is 21.5. The van der Waals surface area contributed by atoms with Gasteiger partial charge in [0.05, 0.1) is 5.56 Å². The fourth-order valence-corrected chi connectivity index (χ4v) is 4.02. The van der Waals surface area contributed by atoms with Crippen LogP contribution in [-0.4, -0.2) is 35.6 Å². The van der Waals surface area contributed by atoms with E-state index in [2.05, 4.69) is 5.32 Å². The maximum Gasteiger partial charge on any atom is 0.407 e. The maximum absolute atomic E-state index is 14.2. The Morgan fingerprint density at radius 1 is 1.03 bits per heavy atom. The average molecular weight is 432 g/mol. The zero-order chi connectivity index (χ0) is 22.7. The molecular weight excluding hydrogens is 411 g/mol. The number of benzene rings is 3. The summed E-state index contributed by atoms with van der Waals surface area (Å²) in [6, 6.07) is 21.5. The van der Waals surface area contributed by atoms with Gasteiger partial charge in [0.2, 0.25) is 0 Å². The molecule has 162 valence electrons. The largest absolute Gasteiger partial charge is 0.449 e. The van der Waals surface area contributed by atoms with Gasteiger partial charge >= 0.3 is 6.09 Å². The number of nitriles is 1. The number of aliphatic hydroxyl groups excluding tert-OH is 2. The number of hydrogen-bond acceptors (Lipinski definition) is 5. The predicted octanol–water partition coefficient (Wildman–Crippen LogP) is 3.63. The summed E-state index contributed by atoms with van der Waals surface area (Å²) >= 11 is 0. The molecule has 0 saturated carbocycles. The summed E-state index contributed by atoms with van der Waals surface area (Å²) < 4.78 is 19.6. The highest BCUT2D eigenvalue weighted by Gasteiger charge is 2.29. The van der Waals surface area contributed by atoms with Crippen LogP contribution in [0.3, 0.4) is 0 Å². The Bertz CT molecular complexity index is 1150. The van der Waals surface area contributed by atoms with Crippen molar-refractivity contribution in [2.45, 2.75) is 18.1 Å². The third-order valence-electron chi connectivity index (χ3n) is 5.63. The van der Waals surface area contributed by atoms with Gasteiger partial charge < -0.3 is 20.3 Å². The zero-order valence-corrected chi connectivity index (χ0v) is 17.0. The molecule has 3 aromatic rings. The van der Waals surface area contributed by atoms with E-state index in [4.69, 9.17) is 10.00 Å². The quantitative estimate of drug-likeness (QED) is 0.552. The summed E-state index contributed by atoms with van der Waals surface area (Å²) in [5.41, 5.74) is 3.91. The van der Waals surface area contributed by atoms with Crippen LogP contribution < -0.4 is 5.32 Å². The molecule has 0 bridgehead atoms. The van der Waals surface area contributed by atoms with E-state index >= 15 is 0 Å². The van der Waals surface area contributed by atoms with Crippen LogP contribution in [0.1, 0.15) is 34.3 Å². The van der Waals surface area contributed by atoms with Crippen molar-refractivity contribution in [1.29, 1.82) is 5.26 Å². The van der Waals surface area contributed by atoms with Crippen LogP contribution in [0.5, 0.6) is 0 Å². The lowest BCUT2D eigenvalue weighted by Crippen LogP contribution is -2.36. The number of hydrogen-bond donors (Lipinski definition) is 3. The molecule has 0 heterocycles. The van der Waals surface area contributed by atoms with Gasteiger partial charge in [-0.15, -0.1) is 0 Å². The van der Waals surface area contributed by atoms with Crippen molar-refractivity contribution in [1.82, 2.24) is 5.32 Å². The summed E-state index contributed by atoms with van der Waals surface area (Å²) in [6.07, 6.45) is -3.86. The zero-order valence-electron chi connectivity index (χ0n) is 17.0. The number of nitrogens with zero attached hydrogens (tertiary/aromatic N) is 1. The number of ether oxygens (including phenoxy) is 1. The number of aliphatic hydroxyl groups is 2. The Balaban J connectivity index is 1.36. The van der Waals surface area contributed by atoms with Gasteiger partial charge in [0, 0.05) is 18.0 Å². The van der Waals surface area contributed by atoms with Gasteiger partial charge in [-0.05, 0) is 28.3 Å². The van der Waals surface area contributed by atoms with E-state index < -0.39 is 24.1 Å². The van der Waals surface area contributed by atoms with E-state index in [-0.39, 0.29) is 30.2 Å². The summed E-state index contributed by atoms with van der Waals surface area (Å²) in [4.78, 5) is 12.2. The van der Waals surface area contributed by atoms with Crippen LogP contribution in [0.4, 0.5) is 9.18 Å². The lowest BCUT2D eigenvalue weighted by Gasteiger charge is -2.20. The molecule has 1 amide bonds. The number of halogens is 1. The molecule has 0 spiro atoms. The van der Waals surface area contributed by atoms with Crippen molar-refractivity contribution < 1.29 is 24.1 Å². The van der Waals surface area contributed by atoms with Gasteiger partial charge in [-0.1, -0.05) is 60.7 Å². The molecule has 3 aromatic carbocycles. The molecule has 4 rings (SSSR count). The Morgan fingerprint density at radius 2 is 1.66 bits per heavy atom. The van der Waals surface area contributed by atoms with Crippen molar-refractivity contribution in [2.75, 3.05) is 13.2 Å². The van der Waals surface area contributed by atoms with E-state index in [1.807, 2.05) is 48.5 Å². The lowest BCUT2D eigenvalue weighted by molar-refractivity contribution is 0.0165. The number of rotatable bonds is 6. The molecule has 6 nitrogen and oxygen atoms in total. The molecule has 2 atom stereocenters. The molecule has 3 N–H and O–H groups in total. The first-order valence-corrected chi connectivity index (χ1v) is 10.1. The van der Waals surface area contributed by atoms with Crippen LogP contribution in [0.2, 0.25) is 0 Å². The number of carbonyl (C=O) groups is 1. The van der Waals surface area contributed by atoms with Crippen LogP contribution in [0, 0.1) is 17.1 Å². The summed E-state index contributed by atoms with van der Waals surface area (Å²) in [7, 11) is 0. The van der Waals surface area contributed by atoms with E-state index in [0.29, 0.717) is 0 Å². The fourth-order valence-electron chi connectivity index (χ4n) is 4.02. The Kier molecular flexibility index (Phi) is 6.17. The average Bonchev–Trinajstić information content (AvgIpc) is 3.14. The van der Waals surface area contributed by atoms with Gasteiger partial charge in [0.15, 0.2) is 0 Å². The second kappa shape index (κ2) is 9.18. The number of fused-ring (bicyclic) bond motifs is 3. The van der Waals surface area contributed by atoms with Gasteiger partial charge in [-0.25, -0.2) is 9.18 Å². The van der Waals surface area contributed by atoms with Crippen molar-refractivity contribution in [2.24, 2.45) is 0 Å². The maximum atomic E-state index is 14.2.